The molecule has 1 amide bonds. The molecule has 0 aliphatic carbocycles. The quantitative estimate of drug-likeness (QED) is 0.403. The van der Waals surface area contributed by atoms with Crippen LogP contribution in [0, 0.1) is 10.1 Å². The fraction of sp³-hybridized carbons (Fsp3) is 0.0625. The maximum Gasteiger partial charge on any atom is 0.276 e. The van der Waals surface area contributed by atoms with Crippen molar-refractivity contribution in [3.05, 3.63) is 70.2 Å². The van der Waals surface area contributed by atoms with Crippen LogP contribution in [0.2, 0.25) is 0 Å². The topological polar surface area (TPSA) is 127 Å². The van der Waals surface area contributed by atoms with E-state index in [0.717, 1.165) is 0 Å². The molecule has 0 atom stereocenters. The van der Waals surface area contributed by atoms with Crippen LogP contribution in [0.1, 0.15) is 11.4 Å². The summed E-state index contributed by atoms with van der Waals surface area (Å²) >= 11 is 0. The highest BCUT2D eigenvalue weighted by molar-refractivity contribution is 5.92. The van der Waals surface area contributed by atoms with Crippen molar-refractivity contribution in [3.8, 4) is 11.6 Å². The number of H-pyrrole nitrogens is 1. The summed E-state index contributed by atoms with van der Waals surface area (Å²) in [7, 11) is 0. The van der Waals surface area contributed by atoms with Crippen LogP contribution in [0.15, 0.2) is 53.2 Å². The Hall–Kier alpha value is -3.75. The monoisotopic (exact) mass is 339 g/mol. The number of carbonyl (C=O) groups excluding carboxylic acids is 1. The summed E-state index contributed by atoms with van der Waals surface area (Å²) in [6, 6.07) is 9.61. The lowest BCUT2D eigenvalue weighted by molar-refractivity contribution is -0.385. The van der Waals surface area contributed by atoms with Crippen molar-refractivity contribution < 1.29 is 14.1 Å². The number of rotatable bonds is 6. The highest BCUT2D eigenvalue weighted by atomic mass is 16.6. The molecule has 0 spiro atoms. The second-order valence-corrected chi connectivity index (χ2v) is 4.95. The first kappa shape index (κ1) is 16.1. The second-order valence-electron chi connectivity index (χ2n) is 4.95. The normalized spacial score (nSPS) is 10.9. The van der Waals surface area contributed by atoms with Gasteiger partial charge in [0.1, 0.15) is 5.82 Å². The number of amides is 1. The molecule has 126 valence electrons. The highest BCUT2D eigenvalue weighted by Gasteiger charge is 2.10. The Morgan fingerprint density at radius 1 is 1.32 bits per heavy atom. The third-order valence-electron chi connectivity index (χ3n) is 3.25. The summed E-state index contributed by atoms with van der Waals surface area (Å²) in [6.45, 7) is 0.133. The standard InChI is InChI=1S/C16H13N5O4/c22-15(8-7-11-4-1-2-5-12(11)21(23)24)17-10-14-18-16(20-19-14)13-6-3-9-25-13/h1-9H,10H2,(H,17,22)(H,18,19,20). The van der Waals surface area contributed by atoms with Crippen LogP contribution in [0.25, 0.3) is 17.7 Å². The minimum Gasteiger partial charge on any atom is -0.461 e. The molecule has 2 heterocycles. The number of nitrogens with one attached hydrogen (secondary N) is 2. The van der Waals surface area contributed by atoms with Crippen molar-refractivity contribution in [1.82, 2.24) is 20.5 Å². The molecule has 2 N–H and O–H groups in total. The Balaban J connectivity index is 1.59. The third kappa shape index (κ3) is 3.96. The molecule has 3 rings (SSSR count). The molecule has 3 aromatic rings. The zero-order valence-corrected chi connectivity index (χ0v) is 12.9. The van der Waals surface area contributed by atoms with Gasteiger partial charge in [-0.25, -0.2) is 4.98 Å². The molecular formula is C16H13N5O4. The van der Waals surface area contributed by atoms with Crippen molar-refractivity contribution in [2.75, 3.05) is 0 Å². The van der Waals surface area contributed by atoms with Crippen molar-refractivity contribution in [2.45, 2.75) is 6.54 Å². The van der Waals surface area contributed by atoms with E-state index < -0.39 is 10.8 Å². The van der Waals surface area contributed by atoms with Crippen LogP contribution >= 0.6 is 0 Å². The van der Waals surface area contributed by atoms with E-state index in [1.165, 1.54) is 24.5 Å². The molecule has 9 nitrogen and oxygen atoms in total. The molecule has 0 radical (unpaired) electrons. The van der Waals surface area contributed by atoms with E-state index in [1.54, 1.807) is 30.3 Å². The maximum atomic E-state index is 11.9. The first-order chi connectivity index (χ1) is 12.1. The van der Waals surface area contributed by atoms with E-state index in [0.29, 0.717) is 23.0 Å². The van der Waals surface area contributed by atoms with E-state index in [4.69, 9.17) is 4.42 Å². The van der Waals surface area contributed by atoms with Gasteiger partial charge in [-0.2, -0.15) is 0 Å². The molecule has 9 heteroatoms. The van der Waals surface area contributed by atoms with E-state index in [2.05, 4.69) is 20.5 Å². The van der Waals surface area contributed by atoms with Crippen molar-refractivity contribution in [1.29, 1.82) is 0 Å². The minimum atomic E-state index is -0.498. The van der Waals surface area contributed by atoms with Crippen molar-refractivity contribution in [3.63, 3.8) is 0 Å². The van der Waals surface area contributed by atoms with Gasteiger partial charge in [-0.05, 0) is 24.3 Å². The molecule has 0 aliphatic rings. The predicted molar refractivity (Wildman–Crippen MR) is 88.1 cm³/mol. The van der Waals surface area contributed by atoms with Crippen LogP contribution in [-0.2, 0) is 11.3 Å². The third-order valence-corrected chi connectivity index (χ3v) is 3.25. The largest absolute Gasteiger partial charge is 0.461 e. The number of nitrogens with zero attached hydrogens (tertiary/aromatic N) is 3. The van der Waals surface area contributed by atoms with Gasteiger partial charge in [0, 0.05) is 12.1 Å². The van der Waals surface area contributed by atoms with Gasteiger partial charge in [0.2, 0.25) is 11.7 Å². The van der Waals surface area contributed by atoms with Crippen molar-refractivity contribution in [2.24, 2.45) is 0 Å². The van der Waals surface area contributed by atoms with E-state index >= 15 is 0 Å². The summed E-state index contributed by atoms with van der Waals surface area (Å²) in [4.78, 5) is 26.5. The number of carbonyl (C=O) groups is 1. The summed E-state index contributed by atoms with van der Waals surface area (Å²) in [6.07, 6.45) is 4.13. The van der Waals surface area contributed by atoms with Gasteiger partial charge in [0.25, 0.3) is 5.69 Å². The first-order valence-corrected chi connectivity index (χ1v) is 7.28. The van der Waals surface area contributed by atoms with Gasteiger partial charge in [0.15, 0.2) is 5.76 Å². The molecule has 1 aromatic carbocycles. The Kier molecular flexibility index (Phi) is 4.65. The summed E-state index contributed by atoms with van der Waals surface area (Å²) in [5, 5.41) is 20.2. The zero-order valence-electron chi connectivity index (χ0n) is 12.9. The summed E-state index contributed by atoms with van der Waals surface area (Å²) in [5.74, 6) is 0.961. The lowest BCUT2D eigenvalue weighted by Crippen LogP contribution is -2.21. The molecule has 0 aliphatic heterocycles. The van der Waals surface area contributed by atoms with E-state index in [-0.39, 0.29) is 12.2 Å². The van der Waals surface area contributed by atoms with Crippen LogP contribution in [0.4, 0.5) is 5.69 Å². The number of benzene rings is 1. The number of aromatic amines is 1. The molecule has 0 bridgehead atoms. The summed E-state index contributed by atoms with van der Waals surface area (Å²) in [5.41, 5.74) is 0.285. The molecule has 25 heavy (non-hydrogen) atoms. The molecule has 0 unspecified atom stereocenters. The Labute approximate surface area is 141 Å². The van der Waals surface area contributed by atoms with Gasteiger partial charge in [-0.15, -0.1) is 5.10 Å². The van der Waals surface area contributed by atoms with Gasteiger partial charge >= 0.3 is 0 Å². The summed E-state index contributed by atoms with van der Waals surface area (Å²) < 4.78 is 5.18. The molecule has 0 saturated carbocycles. The Morgan fingerprint density at radius 2 is 2.16 bits per heavy atom. The fourth-order valence-corrected chi connectivity index (χ4v) is 2.08. The van der Waals surface area contributed by atoms with Gasteiger partial charge in [-0.3, -0.25) is 20.0 Å². The number of furan rings is 1. The Bertz CT molecular complexity index is 914. The highest BCUT2D eigenvalue weighted by Crippen LogP contribution is 2.18. The average molecular weight is 339 g/mol. The number of para-hydroxylation sites is 1. The average Bonchev–Trinajstić information content (AvgIpc) is 3.29. The maximum absolute atomic E-state index is 11.9. The number of aromatic nitrogens is 3. The number of nitro groups is 1. The second kappa shape index (κ2) is 7.21. The van der Waals surface area contributed by atoms with Gasteiger partial charge < -0.3 is 9.73 Å². The lowest BCUT2D eigenvalue weighted by Gasteiger charge is -1.99. The smallest absolute Gasteiger partial charge is 0.276 e. The van der Waals surface area contributed by atoms with Gasteiger partial charge in [-0.1, -0.05) is 12.1 Å². The van der Waals surface area contributed by atoms with Crippen LogP contribution < -0.4 is 5.32 Å². The number of hydrogen-bond donors (Lipinski definition) is 2. The lowest BCUT2D eigenvalue weighted by atomic mass is 10.1. The molecule has 0 saturated heterocycles. The molecule has 2 aromatic heterocycles. The Morgan fingerprint density at radius 3 is 2.92 bits per heavy atom. The van der Waals surface area contributed by atoms with Gasteiger partial charge in [0.05, 0.1) is 23.3 Å². The SMILES string of the molecule is O=C(C=Cc1ccccc1[N+](=O)[O-])NCc1nc(-c2ccco2)n[nH]1. The van der Waals surface area contributed by atoms with Crippen molar-refractivity contribution >= 4 is 17.7 Å². The first-order valence-electron chi connectivity index (χ1n) is 7.28. The molecule has 0 fully saturated rings. The minimum absolute atomic E-state index is 0.0649. The number of nitro benzene ring substituents is 1. The van der Waals surface area contributed by atoms with E-state index in [9.17, 15) is 14.9 Å². The van der Waals surface area contributed by atoms with Crippen LogP contribution in [-0.4, -0.2) is 26.0 Å². The fourth-order valence-electron chi connectivity index (χ4n) is 2.08. The van der Waals surface area contributed by atoms with Crippen LogP contribution in [0.5, 0.6) is 0 Å². The zero-order chi connectivity index (χ0) is 17.6. The predicted octanol–water partition coefficient (Wildman–Crippen LogP) is 2.30. The van der Waals surface area contributed by atoms with E-state index in [1.807, 2.05) is 0 Å². The molecular weight excluding hydrogens is 326 g/mol. The number of hydrogen-bond acceptors (Lipinski definition) is 6. The van der Waals surface area contributed by atoms with Crippen LogP contribution in [0.3, 0.4) is 0 Å².